The fourth-order valence-electron chi connectivity index (χ4n) is 2.32. The Kier molecular flexibility index (Phi) is 5.16. The molecule has 1 atom stereocenters. The van der Waals surface area contributed by atoms with Gasteiger partial charge in [0.2, 0.25) is 0 Å². The van der Waals surface area contributed by atoms with E-state index in [4.69, 9.17) is 0 Å². The molecule has 23 heavy (non-hydrogen) atoms. The van der Waals surface area contributed by atoms with Crippen molar-refractivity contribution in [2.24, 2.45) is 0 Å². The highest BCUT2D eigenvalue weighted by Gasteiger charge is 2.16. The van der Waals surface area contributed by atoms with E-state index < -0.39 is 21.5 Å². The van der Waals surface area contributed by atoms with Gasteiger partial charge in [-0.25, -0.2) is 17.2 Å². The minimum atomic E-state index is -3.23. The summed E-state index contributed by atoms with van der Waals surface area (Å²) in [6.45, 7) is 2.17. The molecule has 0 saturated heterocycles. The summed E-state index contributed by atoms with van der Waals surface area (Å²) in [5, 5.41) is 0. The van der Waals surface area contributed by atoms with E-state index >= 15 is 0 Å². The predicted octanol–water partition coefficient (Wildman–Crippen LogP) is 3.56. The molecule has 0 bridgehead atoms. The minimum absolute atomic E-state index is 0.0775. The fraction of sp³-hybridized carbons (Fsp3) is 0.294. The van der Waals surface area contributed by atoms with Crippen molar-refractivity contribution in [2.75, 3.05) is 13.3 Å². The number of halogens is 2. The summed E-state index contributed by atoms with van der Waals surface area (Å²) >= 11 is 0. The van der Waals surface area contributed by atoms with Gasteiger partial charge in [-0.15, -0.1) is 0 Å². The third-order valence-electron chi connectivity index (χ3n) is 3.90. The molecule has 1 unspecified atom stereocenters. The normalized spacial score (nSPS) is 13.3. The average Bonchev–Trinajstić information content (AvgIpc) is 2.50. The maximum Gasteiger partial charge on any atom is 0.175 e. The molecule has 124 valence electrons. The van der Waals surface area contributed by atoms with Gasteiger partial charge in [0.05, 0.1) is 4.90 Å². The molecule has 3 nitrogen and oxygen atoms in total. The Morgan fingerprint density at radius 1 is 1.09 bits per heavy atom. The molecule has 2 aromatic carbocycles. The Morgan fingerprint density at radius 3 is 2.26 bits per heavy atom. The van der Waals surface area contributed by atoms with Crippen LogP contribution in [0.15, 0.2) is 47.4 Å². The van der Waals surface area contributed by atoms with Crippen molar-refractivity contribution < 1.29 is 17.2 Å². The van der Waals surface area contributed by atoms with Crippen LogP contribution in [0.25, 0.3) is 0 Å². The lowest BCUT2D eigenvalue weighted by molar-refractivity contribution is 0.248. The molecule has 2 rings (SSSR count). The van der Waals surface area contributed by atoms with Crippen molar-refractivity contribution in [3.05, 3.63) is 65.2 Å². The summed E-state index contributed by atoms with van der Waals surface area (Å²) in [7, 11) is -1.42. The van der Waals surface area contributed by atoms with Crippen LogP contribution in [-0.2, 0) is 16.4 Å². The molecule has 0 spiro atoms. The van der Waals surface area contributed by atoms with Gasteiger partial charge < -0.3 is 0 Å². The van der Waals surface area contributed by atoms with E-state index in [9.17, 15) is 17.2 Å². The number of sulfone groups is 1. The number of hydrogen-bond acceptors (Lipinski definition) is 3. The van der Waals surface area contributed by atoms with Crippen LogP contribution in [0.2, 0.25) is 0 Å². The second kappa shape index (κ2) is 6.76. The highest BCUT2D eigenvalue weighted by atomic mass is 32.2. The van der Waals surface area contributed by atoms with Gasteiger partial charge in [-0.1, -0.05) is 24.3 Å². The SMILES string of the molecule is CC(c1ccc(S(C)(=O)=O)cc1)N(C)Cc1cccc(F)c1F. The van der Waals surface area contributed by atoms with Crippen molar-refractivity contribution in [1.82, 2.24) is 4.90 Å². The molecule has 6 heteroatoms. The van der Waals surface area contributed by atoms with Crippen LogP contribution >= 0.6 is 0 Å². The van der Waals surface area contributed by atoms with Crippen LogP contribution in [0, 0.1) is 11.6 Å². The van der Waals surface area contributed by atoms with E-state index in [1.54, 1.807) is 37.4 Å². The lowest BCUT2D eigenvalue weighted by atomic mass is 10.1. The summed E-state index contributed by atoms with van der Waals surface area (Å²) in [4.78, 5) is 2.13. The average molecular weight is 339 g/mol. The zero-order valence-electron chi connectivity index (χ0n) is 13.3. The first-order chi connectivity index (χ1) is 10.7. The van der Waals surface area contributed by atoms with Crippen LogP contribution in [0.5, 0.6) is 0 Å². The number of benzene rings is 2. The second-order valence-corrected chi connectivity index (χ2v) is 7.66. The molecule has 0 N–H and O–H groups in total. The first kappa shape index (κ1) is 17.6. The third kappa shape index (κ3) is 4.14. The van der Waals surface area contributed by atoms with Crippen molar-refractivity contribution >= 4 is 9.84 Å². The predicted molar refractivity (Wildman–Crippen MR) is 85.8 cm³/mol. The largest absolute Gasteiger partial charge is 0.295 e. The monoisotopic (exact) mass is 339 g/mol. The maximum absolute atomic E-state index is 13.7. The molecule has 0 heterocycles. The van der Waals surface area contributed by atoms with Gasteiger partial charge in [-0.2, -0.15) is 0 Å². The van der Waals surface area contributed by atoms with E-state index in [1.165, 1.54) is 6.07 Å². The minimum Gasteiger partial charge on any atom is -0.295 e. The molecule has 0 saturated carbocycles. The summed E-state index contributed by atoms with van der Waals surface area (Å²) < 4.78 is 49.9. The number of rotatable bonds is 5. The van der Waals surface area contributed by atoms with Gasteiger partial charge in [0.15, 0.2) is 21.5 Å². The smallest absolute Gasteiger partial charge is 0.175 e. The topological polar surface area (TPSA) is 37.4 Å². The highest BCUT2D eigenvalue weighted by Crippen LogP contribution is 2.23. The Balaban J connectivity index is 2.16. The standard InChI is InChI=1S/C17H19F2NO2S/c1-12(13-7-9-15(10-8-13)23(3,21)22)20(2)11-14-5-4-6-16(18)17(14)19/h4-10,12H,11H2,1-3H3. The van der Waals surface area contributed by atoms with Crippen molar-refractivity contribution in [1.29, 1.82) is 0 Å². The van der Waals surface area contributed by atoms with E-state index in [1.807, 2.05) is 11.8 Å². The number of hydrogen-bond donors (Lipinski definition) is 0. The van der Waals surface area contributed by atoms with Crippen LogP contribution in [0.3, 0.4) is 0 Å². The summed E-state index contributed by atoms with van der Waals surface area (Å²) in [5.74, 6) is -1.69. The second-order valence-electron chi connectivity index (χ2n) is 5.65. The zero-order chi connectivity index (χ0) is 17.2. The molecular formula is C17H19F2NO2S. The number of nitrogens with zero attached hydrogens (tertiary/aromatic N) is 1. The molecule has 0 radical (unpaired) electrons. The molecule has 0 aromatic heterocycles. The van der Waals surface area contributed by atoms with Gasteiger partial charge in [0.25, 0.3) is 0 Å². The summed E-state index contributed by atoms with van der Waals surface area (Å²) in [5.41, 5.74) is 1.18. The van der Waals surface area contributed by atoms with Crippen LogP contribution in [-0.4, -0.2) is 26.6 Å². The van der Waals surface area contributed by atoms with Gasteiger partial charge in [-0.05, 0) is 37.7 Å². The lowest BCUT2D eigenvalue weighted by Gasteiger charge is -2.25. The van der Waals surface area contributed by atoms with Crippen LogP contribution < -0.4 is 0 Å². The molecule has 0 aliphatic heterocycles. The first-order valence-electron chi connectivity index (χ1n) is 7.13. The molecule has 2 aromatic rings. The summed E-state index contributed by atoms with van der Waals surface area (Å²) in [6, 6.07) is 10.6. The van der Waals surface area contributed by atoms with Gasteiger partial charge in [-0.3, -0.25) is 4.90 Å². The van der Waals surface area contributed by atoms with Crippen molar-refractivity contribution in [2.45, 2.75) is 24.4 Å². The highest BCUT2D eigenvalue weighted by molar-refractivity contribution is 7.90. The third-order valence-corrected chi connectivity index (χ3v) is 5.03. The van der Waals surface area contributed by atoms with Crippen molar-refractivity contribution in [3.63, 3.8) is 0 Å². The Bertz CT molecular complexity index is 789. The Morgan fingerprint density at radius 2 is 1.70 bits per heavy atom. The first-order valence-corrected chi connectivity index (χ1v) is 9.02. The lowest BCUT2D eigenvalue weighted by Crippen LogP contribution is -2.22. The quantitative estimate of drug-likeness (QED) is 0.836. The molecule has 0 fully saturated rings. The molecule has 0 amide bonds. The van der Waals surface area contributed by atoms with E-state index in [-0.39, 0.29) is 23.0 Å². The van der Waals surface area contributed by atoms with Gasteiger partial charge >= 0.3 is 0 Å². The van der Waals surface area contributed by atoms with E-state index in [2.05, 4.69) is 0 Å². The zero-order valence-corrected chi connectivity index (χ0v) is 14.1. The summed E-state index contributed by atoms with van der Waals surface area (Å²) in [6.07, 6.45) is 1.16. The van der Waals surface area contributed by atoms with Crippen molar-refractivity contribution in [3.8, 4) is 0 Å². The van der Waals surface area contributed by atoms with Gasteiger partial charge in [0.1, 0.15) is 0 Å². The maximum atomic E-state index is 13.7. The van der Waals surface area contributed by atoms with E-state index in [0.717, 1.165) is 17.9 Å². The Labute approximate surface area is 135 Å². The van der Waals surface area contributed by atoms with Gasteiger partial charge in [0, 0.05) is 24.4 Å². The Hall–Kier alpha value is -1.79. The molecule has 0 aliphatic carbocycles. The van der Waals surface area contributed by atoms with Crippen LogP contribution in [0.4, 0.5) is 8.78 Å². The van der Waals surface area contributed by atoms with Crippen LogP contribution in [0.1, 0.15) is 24.1 Å². The molecular weight excluding hydrogens is 320 g/mol. The van der Waals surface area contributed by atoms with E-state index in [0.29, 0.717) is 0 Å². The molecule has 0 aliphatic rings. The fourth-order valence-corrected chi connectivity index (χ4v) is 2.95.